The lowest BCUT2D eigenvalue weighted by Crippen LogP contribution is -2.30. The van der Waals surface area contributed by atoms with Crippen LogP contribution in [-0.4, -0.2) is 19.9 Å². The number of fused-ring (bicyclic) bond motifs is 40. The van der Waals surface area contributed by atoms with Gasteiger partial charge in [0.2, 0.25) is 0 Å². The fraction of sp³-hybridized carbons (Fsp3) is 0.0952. The van der Waals surface area contributed by atoms with Crippen LogP contribution in [0.1, 0.15) is 119 Å². The van der Waals surface area contributed by atoms with Crippen molar-refractivity contribution < 1.29 is 0 Å². The molecule has 0 unspecified atom stereocenters. The second-order valence-electron chi connectivity index (χ2n) is 27.4. The number of H-pyrrole nitrogens is 2. The summed E-state index contributed by atoms with van der Waals surface area (Å²) in [6.07, 6.45) is 55.3. The predicted molar refractivity (Wildman–Crippen MR) is 362 cm³/mol. The van der Waals surface area contributed by atoms with E-state index in [1.165, 1.54) is 198 Å². The van der Waals surface area contributed by atoms with E-state index in [1.54, 1.807) is 0 Å². The summed E-state index contributed by atoms with van der Waals surface area (Å²) in [5.74, 6) is 0. The Morgan fingerprint density at radius 1 is 0.227 bits per heavy atom. The molecule has 0 saturated carbocycles. The molecule has 5 heterocycles. The smallest absolute Gasteiger partial charge is 0.0737 e. The molecule has 0 fully saturated rings. The molecule has 88 heavy (non-hydrogen) atoms. The second-order valence-corrected chi connectivity index (χ2v) is 27.4. The van der Waals surface area contributed by atoms with Gasteiger partial charge >= 0.3 is 0 Å². The highest BCUT2D eigenvalue weighted by Gasteiger charge is 2.39. The molecule has 0 amide bonds. The van der Waals surface area contributed by atoms with Crippen LogP contribution in [0.4, 0.5) is 0 Å². The van der Waals surface area contributed by atoms with Crippen molar-refractivity contribution in [2.75, 3.05) is 0 Å². The molecule has 4 nitrogen and oxygen atoms in total. The Morgan fingerprint density at radius 3 is 0.727 bits per heavy atom. The molecule has 0 saturated heterocycles. The van der Waals surface area contributed by atoms with Gasteiger partial charge in [-0.2, -0.15) is 0 Å². The zero-order chi connectivity index (χ0) is 56.0. The number of nitrogens with one attached hydrogen (secondary N) is 2. The van der Waals surface area contributed by atoms with Gasteiger partial charge in [0.05, 0.1) is 22.8 Å². The fourth-order valence-corrected chi connectivity index (χ4v) is 19.7. The Kier molecular flexibility index (Phi) is 7.19. The lowest BCUT2D eigenvalue weighted by Gasteiger charge is -2.17. The van der Waals surface area contributed by atoms with Crippen LogP contribution in [0, 0.1) is 0 Å². The van der Waals surface area contributed by atoms with E-state index in [1.807, 2.05) is 0 Å². The molecule has 2 N–H and O–H groups in total. The molecule has 25 rings (SSSR count). The highest BCUT2D eigenvalue weighted by atomic mass is 14.8. The van der Waals surface area contributed by atoms with Crippen molar-refractivity contribution in [1.82, 2.24) is 19.9 Å². The third-order valence-electron chi connectivity index (χ3n) is 23.3. The van der Waals surface area contributed by atoms with Crippen molar-refractivity contribution in [2.45, 2.75) is 51.4 Å². The van der Waals surface area contributed by atoms with Gasteiger partial charge in [0.15, 0.2) is 0 Å². The van der Waals surface area contributed by atoms with Gasteiger partial charge in [-0.25, -0.2) is 9.97 Å². The van der Waals surface area contributed by atoms with E-state index < -0.39 is 0 Å². The quantitative estimate of drug-likeness (QED) is 0.185. The van der Waals surface area contributed by atoms with Crippen LogP contribution in [0.15, 0.2) is 146 Å². The number of aromatic amines is 2. The van der Waals surface area contributed by atoms with E-state index in [0.717, 1.165) is 118 Å². The summed E-state index contributed by atoms with van der Waals surface area (Å²) in [4.78, 5) is 21.1. The number of nitrogens with zero attached hydrogens (tertiary/aromatic N) is 2. The van der Waals surface area contributed by atoms with Crippen LogP contribution in [0.3, 0.4) is 0 Å². The van der Waals surface area contributed by atoms with Crippen LogP contribution in [-0.2, 0) is 0 Å². The first-order chi connectivity index (χ1) is 43.5. The van der Waals surface area contributed by atoms with Gasteiger partial charge in [0.1, 0.15) is 0 Å². The average Bonchev–Trinajstić information content (AvgIpc) is 1.59. The van der Waals surface area contributed by atoms with Gasteiger partial charge in [-0.05, 0) is 300 Å². The zero-order valence-corrected chi connectivity index (χ0v) is 47.7. The topological polar surface area (TPSA) is 57.4 Å². The molecular formula is C84H46N4. The van der Waals surface area contributed by atoms with E-state index in [2.05, 4.69) is 180 Å². The lowest BCUT2D eigenvalue weighted by molar-refractivity contribution is 1.30. The molecule has 4 aromatic carbocycles. The molecule has 18 aliphatic rings. The summed E-state index contributed by atoms with van der Waals surface area (Å²) < 4.78 is 0. The van der Waals surface area contributed by atoms with Gasteiger partial charge in [0, 0.05) is 66.6 Å². The Labute approximate surface area is 503 Å². The van der Waals surface area contributed by atoms with Gasteiger partial charge < -0.3 is 9.97 Å². The van der Waals surface area contributed by atoms with E-state index in [4.69, 9.17) is 9.97 Å². The largest absolute Gasteiger partial charge is 0.354 e. The summed E-state index contributed by atoms with van der Waals surface area (Å²) in [6, 6.07) is 19.7. The predicted octanol–water partition coefficient (Wildman–Crippen LogP) is 13.2. The average molecular weight is 1110 g/mol. The number of hydrogen-bond acceptors (Lipinski definition) is 2. The normalized spacial score (nSPS) is 20.0. The highest BCUT2D eigenvalue weighted by molar-refractivity contribution is 6.14. The molecule has 0 radical (unpaired) electrons. The van der Waals surface area contributed by atoms with E-state index in [9.17, 15) is 0 Å². The summed E-state index contributed by atoms with van der Waals surface area (Å²) in [5, 5.41) is 11.0. The molecule has 16 aliphatic carbocycles. The summed E-state index contributed by atoms with van der Waals surface area (Å²) in [6.45, 7) is 0. The molecule has 0 spiro atoms. The SMILES string of the molecule is C1=CC2=c3c(-c4c5nc(c(-c6c7c(cc8c6=C6C=CC=8C6)C6=CC=C7C6)c6ccc([nH]6)c(-c6c7c(cc8c6=C6C=CC=8C6)C6=CC=C7C6)c6nc(c(-c7c8c(cc9c7=C7C=CC=9C7)C7=CC=C8C7)c7ccc4[nH]7)C=C6)C=C5)c4c(cc3=C1C2)C1=CC=C4C1. The van der Waals surface area contributed by atoms with Gasteiger partial charge in [0.25, 0.3) is 0 Å². The lowest BCUT2D eigenvalue weighted by atomic mass is 9.88. The summed E-state index contributed by atoms with van der Waals surface area (Å²) >= 11 is 0. The zero-order valence-electron chi connectivity index (χ0n) is 47.7. The first-order valence-electron chi connectivity index (χ1n) is 31.8. The molecule has 402 valence electrons. The van der Waals surface area contributed by atoms with Crippen LogP contribution in [0.5, 0.6) is 0 Å². The third kappa shape index (κ3) is 4.97. The standard InChI is InChI=1S/C84H46N4/c1-9-45-25-37(1)53-33-54-38-2-10-46(26-38)70(54)81(69(45)53)77-61-17-19-63(85-61)78(82-71-47-11-3-39(27-47)55(71)34-56-40-4-12-48(28-40)72(56)82)65-21-23-67(87-65)80(84-75-51-15-7-43(31-51)59(75)36-60-44-8-16-52(32-44)76(60)84)68-24-22-66(88-68)79(64-20-18-62(77)86-64)83-73-49-13-5-41(29-49)57(73)35-58-42-6-14-50(30-42)74(58)83/h1-24,33-36,85,88H,25-32H2. The van der Waals surface area contributed by atoms with Gasteiger partial charge in [-0.1, -0.05) is 97.2 Å². The first kappa shape index (κ1) is 43.9. The Bertz CT molecular complexity index is 5680. The van der Waals surface area contributed by atoms with Crippen molar-refractivity contribution in [2.24, 2.45) is 0 Å². The third-order valence-corrected chi connectivity index (χ3v) is 23.3. The van der Waals surface area contributed by atoms with Crippen LogP contribution in [0.2, 0.25) is 0 Å². The van der Waals surface area contributed by atoms with Crippen LogP contribution >= 0.6 is 0 Å². The number of rotatable bonds is 4. The van der Waals surface area contributed by atoms with E-state index in [0.29, 0.717) is 0 Å². The molecule has 3 aromatic heterocycles. The minimum Gasteiger partial charge on any atom is -0.354 e. The second kappa shape index (κ2) is 14.4. The van der Waals surface area contributed by atoms with E-state index >= 15 is 0 Å². The van der Waals surface area contributed by atoms with Crippen LogP contribution in [0.25, 0.3) is 180 Å². The van der Waals surface area contributed by atoms with Gasteiger partial charge in [-0.3, -0.25) is 0 Å². The first-order valence-corrected chi connectivity index (χ1v) is 31.8. The maximum Gasteiger partial charge on any atom is 0.0737 e. The van der Waals surface area contributed by atoms with Crippen molar-refractivity contribution in [3.8, 4) is 44.5 Å². The maximum atomic E-state index is 6.20. The number of hydrogen-bond donors (Lipinski definition) is 2. The fourth-order valence-electron chi connectivity index (χ4n) is 19.7. The molecule has 0 atom stereocenters. The minimum atomic E-state index is 0.965. The molecule has 2 aliphatic heterocycles. The summed E-state index contributed by atoms with van der Waals surface area (Å²) in [5.41, 5.74) is 51.8. The van der Waals surface area contributed by atoms with Crippen molar-refractivity contribution in [3.05, 3.63) is 255 Å². The maximum absolute atomic E-state index is 6.20. The summed E-state index contributed by atoms with van der Waals surface area (Å²) in [7, 11) is 0. The number of aromatic nitrogens is 4. The molecule has 24 bridgehead atoms. The van der Waals surface area contributed by atoms with E-state index in [-0.39, 0.29) is 0 Å². The Hall–Kier alpha value is -10.7. The number of allylic oxidation sites excluding steroid dienone is 24. The van der Waals surface area contributed by atoms with Gasteiger partial charge in [-0.15, -0.1) is 0 Å². The molecular weight excluding hydrogens is 1060 g/mol. The number of benzene rings is 4. The Balaban J connectivity index is 0.909. The van der Waals surface area contributed by atoms with Crippen molar-refractivity contribution in [3.63, 3.8) is 0 Å². The minimum absolute atomic E-state index is 0.965. The monoisotopic (exact) mass is 1110 g/mol. The van der Waals surface area contributed by atoms with Crippen LogP contribution < -0.4 is 41.7 Å². The molecule has 7 aromatic rings. The highest BCUT2D eigenvalue weighted by Crippen LogP contribution is 2.55. The molecule has 4 heteroatoms. The van der Waals surface area contributed by atoms with Crippen molar-refractivity contribution in [1.29, 1.82) is 0 Å². The van der Waals surface area contributed by atoms with Crippen molar-refractivity contribution >= 4 is 136 Å². The Morgan fingerprint density at radius 2 is 0.466 bits per heavy atom.